The fourth-order valence-electron chi connectivity index (χ4n) is 1.67. The second kappa shape index (κ2) is 7.24. The van der Waals surface area contributed by atoms with Crippen LogP contribution in [0.4, 0.5) is 0 Å². The predicted molar refractivity (Wildman–Crippen MR) is 87.2 cm³/mol. The van der Waals surface area contributed by atoms with Crippen LogP contribution in [0.2, 0.25) is 5.02 Å². The van der Waals surface area contributed by atoms with Gasteiger partial charge in [-0.15, -0.1) is 0 Å². The molecular weight excluding hydrogens is 356 g/mol. The van der Waals surface area contributed by atoms with E-state index in [0.29, 0.717) is 16.3 Å². The van der Waals surface area contributed by atoms with Gasteiger partial charge in [-0.25, -0.2) is 5.43 Å². The van der Waals surface area contributed by atoms with E-state index in [0.717, 1.165) is 10.0 Å². The number of hydrazone groups is 1. The minimum absolute atomic E-state index is 0.355. The van der Waals surface area contributed by atoms with E-state index < -0.39 is 0 Å². The SMILES string of the molecule is COc1ccc(Br)cc1C(=O)N/N=C\c1cccc(Cl)c1. The number of rotatable bonds is 4. The van der Waals surface area contributed by atoms with Gasteiger partial charge in [0.05, 0.1) is 18.9 Å². The van der Waals surface area contributed by atoms with Crippen molar-refractivity contribution >= 4 is 39.7 Å². The van der Waals surface area contributed by atoms with Crippen molar-refractivity contribution in [3.05, 3.63) is 63.1 Å². The van der Waals surface area contributed by atoms with Crippen LogP contribution >= 0.6 is 27.5 Å². The third-order valence-electron chi connectivity index (χ3n) is 2.63. The van der Waals surface area contributed by atoms with Crippen molar-refractivity contribution in [2.75, 3.05) is 7.11 Å². The number of hydrogen-bond donors (Lipinski definition) is 1. The molecule has 0 saturated heterocycles. The van der Waals surface area contributed by atoms with Gasteiger partial charge in [0, 0.05) is 9.50 Å². The van der Waals surface area contributed by atoms with Gasteiger partial charge in [-0.05, 0) is 35.9 Å². The molecule has 2 aromatic carbocycles. The summed E-state index contributed by atoms with van der Waals surface area (Å²) < 4.78 is 5.94. The van der Waals surface area contributed by atoms with Gasteiger partial charge in [0.25, 0.3) is 5.91 Å². The average molecular weight is 368 g/mol. The van der Waals surface area contributed by atoms with Gasteiger partial charge in [0.1, 0.15) is 5.75 Å². The first-order chi connectivity index (χ1) is 10.1. The molecule has 1 amide bonds. The van der Waals surface area contributed by atoms with Gasteiger partial charge in [-0.2, -0.15) is 5.10 Å². The summed E-state index contributed by atoms with van der Waals surface area (Å²) in [5, 5.41) is 4.52. The standard InChI is InChI=1S/C15H12BrClN2O2/c1-21-14-6-5-11(16)8-13(14)15(20)19-18-9-10-3-2-4-12(17)7-10/h2-9H,1H3,(H,19,20)/b18-9-. The van der Waals surface area contributed by atoms with E-state index in [-0.39, 0.29) is 5.91 Å². The molecule has 0 aromatic heterocycles. The number of halogens is 2. The lowest BCUT2D eigenvalue weighted by molar-refractivity contribution is 0.0952. The first-order valence-corrected chi connectivity index (χ1v) is 7.20. The van der Waals surface area contributed by atoms with Crippen molar-refractivity contribution in [3.8, 4) is 5.75 Å². The Morgan fingerprint density at radius 3 is 2.86 bits per heavy atom. The quantitative estimate of drug-likeness (QED) is 0.659. The Balaban J connectivity index is 2.10. The van der Waals surface area contributed by atoms with Crippen LogP contribution in [-0.4, -0.2) is 19.2 Å². The Labute approximate surface area is 135 Å². The molecule has 0 radical (unpaired) electrons. The first-order valence-electron chi connectivity index (χ1n) is 6.02. The van der Waals surface area contributed by atoms with E-state index >= 15 is 0 Å². The summed E-state index contributed by atoms with van der Waals surface area (Å²) in [5.41, 5.74) is 3.65. The lowest BCUT2D eigenvalue weighted by atomic mass is 10.2. The van der Waals surface area contributed by atoms with Crippen molar-refractivity contribution in [1.29, 1.82) is 0 Å². The molecule has 0 atom stereocenters. The Bertz CT molecular complexity index is 689. The first kappa shape index (κ1) is 15.5. The molecule has 4 nitrogen and oxygen atoms in total. The number of nitrogens with zero attached hydrogens (tertiary/aromatic N) is 1. The van der Waals surface area contributed by atoms with E-state index in [2.05, 4.69) is 26.5 Å². The van der Waals surface area contributed by atoms with Crippen molar-refractivity contribution in [1.82, 2.24) is 5.43 Å². The summed E-state index contributed by atoms with van der Waals surface area (Å²) in [7, 11) is 1.51. The normalized spacial score (nSPS) is 10.6. The van der Waals surface area contributed by atoms with E-state index in [9.17, 15) is 4.79 Å². The summed E-state index contributed by atoms with van der Waals surface area (Å²) in [6.45, 7) is 0. The lowest BCUT2D eigenvalue weighted by Crippen LogP contribution is -2.18. The molecule has 108 valence electrons. The molecule has 0 aliphatic rings. The maximum absolute atomic E-state index is 12.1. The number of nitrogens with one attached hydrogen (secondary N) is 1. The largest absolute Gasteiger partial charge is 0.496 e. The summed E-state index contributed by atoms with van der Waals surface area (Å²) in [5.74, 6) is 0.125. The molecule has 0 aliphatic heterocycles. The van der Waals surface area contributed by atoms with E-state index in [1.165, 1.54) is 13.3 Å². The molecule has 2 aromatic rings. The number of carbonyl (C=O) groups excluding carboxylic acids is 1. The number of benzene rings is 2. The second-order valence-corrected chi connectivity index (χ2v) is 5.45. The number of carbonyl (C=O) groups is 1. The maximum Gasteiger partial charge on any atom is 0.275 e. The maximum atomic E-state index is 12.1. The Hall–Kier alpha value is -1.85. The fourth-order valence-corrected chi connectivity index (χ4v) is 2.23. The molecule has 1 N–H and O–H groups in total. The van der Waals surface area contributed by atoms with Crippen LogP contribution in [0.5, 0.6) is 5.75 Å². The smallest absolute Gasteiger partial charge is 0.275 e. The topological polar surface area (TPSA) is 50.7 Å². The van der Waals surface area contributed by atoms with Gasteiger partial charge >= 0.3 is 0 Å². The molecule has 0 unspecified atom stereocenters. The number of methoxy groups -OCH3 is 1. The predicted octanol–water partition coefficient (Wildman–Crippen LogP) is 3.88. The van der Waals surface area contributed by atoms with Gasteiger partial charge in [0.15, 0.2) is 0 Å². The van der Waals surface area contributed by atoms with Gasteiger partial charge < -0.3 is 4.74 Å². The van der Waals surface area contributed by atoms with Crippen molar-refractivity contribution in [2.45, 2.75) is 0 Å². The third-order valence-corrected chi connectivity index (χ3v) is 3.36. The molecule has 0 fully saturated rings. The molecule has 0 saturated carbocycles. The van der Waals surface area contributed by atoms with Crippen LogP contribution < -0.4 is 10.2 Å². The highest BCUT2D eigenvalue weighted by Crippen LogP contribution is 2.22. The Kier molecular flexibility index (Phi) is 5.36. The molecule has 6 heteroatoms. The van der Waals surface area contributed by atoms with Crippen molar-refractivity contribution < 1.29 is 9.53 Å². The average Bonchev–Trinajstić information content (AvgIpc) is 2.47. The monoisotopic (exact) mass is 366 g/mol. The van der Waals surface area contributed by atoms with Gasteiger partial charge in [-0.1, -0.05) is 39.7 Å². The highest BCUT2D eigenvalue weighted by Gasteiger charge is 2.11. The summed E-state index contributed by atoms with van der Waals surface area (Å²) >= 11 is 9.19. The molecule has 0 aliphatic carbocycles. The van der Waals surface area contributed by atoms with Crippen molar-refractivity contribution in [3.63, 3.8) is 0 Å². The number of amides is 1. The van der Waals surface area contributed by atoms with Crippen LogP contribution in [0.3, 0.4) is 0 Å². The van der Waals surface area contributed by atoms with Crippen LogP contribution in [0.1, 0.15) is 15.9 Å². The molecule has 21 heavy (non-hydrogen) atoms. The van der Waals surface area contributed by atoms with E-state index in [1.54, 1.807) is 30.3 Å². The Morgan fingerprint density at radius 2 is 2.14 bits per heavy atom. The minimum atomic E-state index is -0.355. The highest BCUT2D eigenvalue weighted by atomic mass is 79.9. The Morgan fingerprint density at radius 1 is 1.33 bits per heavy atom. The molecular formula is C15H12BrClN2O2. The zero-order valence-corrected chi connectivity index (χ0v) is 13.5. The molecule has 0 heterocycles. The second-order valence-electron chi connectivity index (χ2n) is 4.10. The summed E-state index contributed by atoms with van der Waals surface area (Å²) in [6, 6.07) is 12.3. The lowest BCUT2D eigenvalue weighted by Gasteiger charge is -2.07. The highest BCUT2D eigenvalue weighted by molar-refractivity contribution is 9.10. The van der Waals surface area contributed by atoms with Crippen LogP contribution in [0.15, 0.2) is 52.0 Å². The van der Waals surface area contributed by atoms with Gasteiger partial charge in [0.2, 0.25) is 0 Å². The van der Waals surface area contributed by atoms with Crippen LogP contribution in [-0.2, 0) is 0 Å². The molecule has 0 spiro atoms. The number of ether oxygens (including phenoxy) is 1. The molecule has 2 rings (SSSR count). The van der Waals surface area contributed by atoms with Crippen LogP contribution in [0.25, 0.3) is 0 Å². The van der Waals surface area contributed by atoms with Crippen molar-refractivity contribution in [2.24, 2.45) is 5.10 Å². The van der Waals surface area contributed by atoms with Gasteiger partial charge in [-0.3, -0.25) is 4.79 Å². The zero-order valence-electron chi connectivity index (χ0n) is 11.1. The third kappa shape index (κ3) is 4.31. The summed E-state index contributed by atoms with van der Waals surface area (Å²) in [6.07, 6.45) is 1.52. The fraction of sp³-hybridized carbons (Fsp3) is 0.0667. The number of hydrogen-bond acceptors (Lipinski definition) is 3. The zero-order chi connectivity index (χ0) is 15.2. The van der Waals surface area contributed by atoms with E-state index in [4.69, 9.17) is 16.3 Å². The minimum Gasteiger partial charge on any atom is -0.496 e. The van der Waals surface area contributed by atoms with Crippen LogP contribution in [0, 0.1) is 0 Å². The van der Waals surface area contributed by atoms with E-state index in [1.807, 2.05) is 12.1 Å². The molecule has 0 bridgehead atoms. The summed E-state index contributed by atoms with van der Waals surface area (Å²) in [4.78, 5) is 12.1.